The molecule has 37 heavy (non-hydrogen) atoms. The molecule has 9 heteroatoms. The van der Waals surface area contributed by atoms with Gasteiger partial charge in [0.25, 0.3) is 5.91 Å². The minimum atomic E-state index is -0.572. The first-order valence-corrected chi connectivity index (χ1v) is 13.5. The summed E-state index contributed by atoms with van der Waals surface area (Å²) in [4.78, 5) is 32.2. The first-order chi connectivity index (χ1) is 18.0. The molecule has 1 N–H and O–H groups in total. The molecule has 2 aliphatic carbocycles. The molecule has 0 saturated heterocycles. The summed E-state index contributed by atoms with van der Waals surface area (Å²) in [6, 6.07) is 1.82. The Bertz CT molecular complexity index is 1270. The Morgan fingerprint density at radius 1 is 1.08 bits per heavy atom. The molecule has 1 fully saturated rings. The number of fused-ring (bicyclic) bond motifs is 2. The molecule has 194 valence electrons. The Balaban J connectivity index is 1.13. The molecule has 2 aromatic rings. The molecule has 0 aromatic carbocycles. The number of pyridine rings is 1. The van der Waals surface area contributed by atoms with Gasteiger partial charge in [-0.05, 0) is 74.6 Å². The van der Waals surface area contributed by atoms with Crippen molar-refractivity contribution in [3.63, 3.8) is 0 Å². The van der Waals surface area contributed by atoms with E-state index in [1.165, 1.54) is 0 Å². The fourth-order valence-electron chi connectivity index (χ4n) is 5.94. The summed E-state index contributed by atoms with van der Waals surface area (Å²) in [5.41, 5.74) is 2.88. The summed E-state index contributed by atoms with van der Waals surface area (Å²) in [6.07, 6.45) is 16.4. The number of nitrogens with zero attached hydrogens (tertiary/aromatic N) is 5. The Labute approximate surface area is 217 Å². The number of ether oxygens (including phenoxy) is 1. The second-order valence-electron chi connectivity index (χ2n) is 10.9. The van der Waals surface area contributed by atoms with Gasteiger partial charge in [0.15, 0.2) is 5.82 Å². The van der Waals surface area contributed by atoms with Crippen LogP contribution < -0.4 is 5.32 Å². The Morgan fingerprint density at radius 2 is 1.95 bits per heavy atom. The lowest BCUT2D eigenvalue weighted by atomic mass is 9.87. The van der Waals surface area contributed by atoms with Gasteiger partial charge in [0.05, 0.1) is 5.54 Å². The van der Waals surface area contributed by atoms with Gasteiger partial charge in [-0.15, -0.1) is 10.2 Å². The molecule has 2 amide bonds. The first kappa shape index (κ1) is 23.9. The van der Waals surface area contributed by atoms with Crippen LogP contribution in [0.5, 0.6) is 0 Å². The number of allylic oxidation sites excluding steroid dienone is 2. The number of amides is 2. The average molecular weight is 503 g/mol. The Hall–Kier alpha value is -3.49. The molecule has 2 aliphatic heterocycles. The van der Waals surface area contributed by atoms with Gasteiger partial charge >= 0.3 is 6.09 Å². The summed E-state index contributed by atoms with van der Waals surface area (Å²) in [5, 5.41) is 12.0. The number of hydrogen-bond donors (Lipinski definition) is 1. The molecule has 1 saturated carbocycles. The number of carbonyl (C=O) groups is 2. The third-order valence-corrected chi connectivity index (χ3v) is 8.02. The van der Waals surface area contributed by atoms with Crippen molar-refractivity contribution in [2.24, 2.45) is 0 Å². The maximum atomic E-state index is 13.3. The van der Waals surface area contributed by atoms with Crippen molar-refractivity contribution in [2.75, 3.05) is 6.54 Å². The number of aryl methyl sites for hydroxylation is 1. The lowest BCUT2D eigenvalue weighted by Crippen LogP contribution is -2.45. The van der Waals surface area contributed by atoms with E-state index in [2.05, 4.69) is 31.1 Å². The quantitative estimate of drug-likeness (QED) is 0.679. The maximum Gasteiger partial charge on any atom is 0.410 e. The van der Waals surface area contributed by atoms with Gasteiger partial charge in [-0.25, -0.2) is 4.79 Å². The number of carbonyl (C=O) groups excluding carboxylic acids is 2. The zero-order valence-electron chi connectivity index (χ0n) is 21.4. The molecule has 4 aliphatic rings. The van der Waals surface area contributed by atoms with E-state index in [1.807, 2.05) is 25.1 Å². The lowest BCUT2D eigenvalue weighted by Gasteiger charge is -2.31. The van der Waals surface area contributed by atoms with Gasteiger partial charge < -0.3 is 19.5 Å². The summed E-state index contributed by atoms with van der Waals surface area (Å²) < 4.78 is 7.91. The van der Waals surface area contributed by atoms with Crippen LogP contribution in [0.4, 0.5) is 4.79 Å². The van der Waals surface area contributed by atoms with E-state index >= 15 is 0 Å². The molecule has 0 spiro atoms. The third-order valence-electron chi connectivity index (χ3n) is 8.02. The predicted molar refractivity (Wildman–Crippen MR) is 138 cm³/mol. The van der Waals surface area contributed by atoms with Crippen LogP contribution in [0.3, 0.4) is 0 Å². The molecule has 1 unspecified atom stereocenters. The van der Waals surface area contributed by atoms with Crippen molar-refractivity contribution in [1.82, 2.24) is 30.0 Å². The van der Waals surface area contributed by atoms with Crippen molar-refractivity contribution in [3.05, 3.63) is 59.0 Å². The fraction of sp³-hybridized carbons (Fsp3) is 0.536. The van der Waals surface area contributed by atoms with Crippen LogP contribution in [0, 0.1) is 0 Å². The van der Waals surface area contributed by atoms with Crippen LogP contribution in [0.2, 0.25) is 0 Å². The number of aromatic nitrogens is 4. The van der Waals surface area contributed by atoms with Crippen LogP contribution in [0.25, 0.3) is 5.57 Å². The zero-order chi connectivity index (χ0) is 25.4. The van der Waals surface area contributed by atoms with E-state index in [9.17, 15) is 9.59 Å². The summed E-state index contributed by atoms with van der Waals surface area (Å²) in [7, 11) is 0. The molecular formula is C28H34N6O3. The average Bonchev–Trinajstić information content (AvgIpc) is 3.58. The standard InChI is InChI=1S/C28H34N6O3/c1-28(12-6-7-19(16-28)25-32-31-24-10-4-5-13-34(24)25)30-26(35)23-15-21-18-33(14-11-20(21)17-29-23)27(36)37-22-8-2-3-9-22/h6-7,12,15,17,22H,2-5,8-11,13-14,16,18H2,1H3,(H,30,35). The SMILES string of the molecule is CC1(NC(=O)c2cc3c(cn2)CCN(C(=O)OC2CCCC2)C3)C=CC=C(c2nnc3n2CCCC3)C1. The summed E-state index contributed by atoms with van der Waals surface area (Å²) in [6.45, 7) is 3.99. The summed E-state index contributed by atoms with van der Waals surface area (Å²) >= 11 is 0. The van der Waals surface area contributed by atoms with Gasteiger partial charge in [0, 0.05) is 38.7 Å². The second-order valence-corrected chi connectivity index (χ2v) is 10.9. The van der Waals surface area contributed by atoms with E-state index in [0.29, 0.717) is 31.6 Å². The van der Waals surface area contributed by atoms with Gasteiger partial charge in [0.2, 0.25) is 0 Å². The topological polar surface area (TPSA) is 102 Å². The van der Waals surface area contributed by atoms with E-state index in [4.69, 9.17) is 4.74 Å². The molecule has 6 rings (SSSR count). The molecule has 0 bridgehead atoms. The highest BCUT2D eigenvalue weighted by atomic mass is 16.6. The molecular weight excluding hydrogens is 468 g/mol. The van der Waals surface area contributed by atoms with Gasteiger partial charge in [0.1, 0.15) is 17.6 Å². The van der Waals surface area contributed by atoms with Crippen molar-refractivity contribution < 1.29 is 14.3 Å². The van der Waals surface area contributed by atoms with Crippen molar-refractivity contribution >= 4 is 17.6 Å². The Kier molecular flexibility index (Phi) is 6.30. The number of rotatable bonds is 4. The van der Waals surface area contributed by atoms with Crippen LogP contribution >= 0.6 is 0 Å². The first-order valence-electron chi connectivity index (χ1n) is 13.5. The second kappa shape index (κ2) is 9.76. The minimum Gasteiger partial charge on any atom is -0.446 e. The highest BCUT2D eigenvalue weighted by Crippen LogP contribution is 2.31. The van der Waals surface area contributed by atoms with Gasteiger partial charge in [-0.2, -0.15) is 0 Å². The van der Waals surface area contributed by atoms with E-state index in [1.54, 1.807) is 11.1 Å². The van der Waals surface area contributed by atoms with Crippen molar-refractivity contribution in [2.45, 2.75) is 89.4 Å². The van der Waals surface area contributed by atoms with Crippen LogP contribution in [-0.4, -0.2) is 54.8 Å². The minimum absolute atomic E-state index is 0.0409. The molecule has 1 atom stereocenters. The molecule has 0 radical (unpaired) electrons. The molecule has 9 nitrogen and oxygen atoms in total. The maximum absolute atomic E-state index is 13.3. The monoisotopic (exact) mass is 502 g/mol. The third kappa shape index (κ3) is 4.91. The normalized spacial score (nSPS) is 23.3. The van der Waals surface area contributed by atoms with Crippen LogP contribution in [0.1, 0.15) is 85.1 Å². The fourth-order valence-corrected chi connectivity index (χ4v) is 5.94. The predicted octanol–water partition coefficient (Wildman–Crippen LogP) is 3.98. The number of hydrogen-bond acceptors (Lipinski definition) is 6. The van der Waals surface area contributed by atoms with Crippen molar-refractivity contribution in [3.8, 4) is 0 Å². The van der Waals surface area contributed by atoms with Crippen LogP contribution in [-0.2, 0) is 30.7 Å². The van der Waals surface area contributed by atoms with E-state index in [-0.39, 0.29) is 18.1 Å². The van der Waals surface area contributed by atoms with Gasteiger partial charge in [-0.3, -0.25) is 9.78 Å². The Morgan fingerprint density at radius 3 is 2.81 bits per heavy atom. The lowest BCUT2D eigenvalue weighted by molar-refractivity contribution is 0.0618. The van der Waals surface area contributed by atoms with E-state index in [0.717, 1.165) is 79.8 Å². The van der Waals surface area contributed by atoms with Crippen LogP contribution in [0.15, 0.2) is 30.5 Å². The molecule has 4 heterocycles. The highest BCUT2D eigenvalue weighted by Gasteiger charge is 2.32. The highest BCUT2D eigenvalue weighted by molar-refractivity contribution is 5.93. The van der Waals surface area contributed by atoms with Gasteiger partial charge in [-0.1, -0.05) is 18.2 Å². The van der Waals surface area contributed by atoms with E-state index < -0.39 is 5.54 Å². The zero-order valence-corrected chi connectivity index (χ0v) is 21.4. The summed E-state index contributed by atoms with van der Waals surface area (Å²) in [5.74, 6) is 1.71. The largest absolute Gasteiger partial charge is 0.446 e. The number of nitrogens with one attached hydrogen (secondary N) is 1. The molecule has 2 aromatic heterocycles. The smallest absolute Gasteiger partial charge is 0.410 e. The van der Waals surface area contributed by atoms with Crippen molar-refractivity contribution in [1.29, 1.82) is 0 Å².